The van der Waals surface area contributed by atoms with E-state index < -0.39 is 0 Å². The lowest BCUT2D eigenvalue weighted by molar-refractivity contribution is 0.672. The van der Waals surface area contributed by atoms with Crippen LogP contribution in [0.1, 0.15) is 0 Å². The second kappa shape index (κ2) is 11.1. The highest BCUT2D eigenvalue weighted by Crippen LogP contribution is 2.46. The zero-order valence-corrected chi connectivity index (χ0v) is 28.7. The van der Waals surface area contributed by atoms with E-state index >= 15 is 0 Å². The molecule has 0 unspecified atom stereocenters. The van der Waals surface area contributed by atoms with Crippen molar-refractivity contribution in [1.82, 2.24) is 0 Å². The fraction of sp³-hybridized carbons (Fsp3) is 0. The molecular weight excluding hydrogens is 591 g/mol. The molecule has 0 saturated carbocycles. The van der Waals surface area contributed by atoms with Crippen LogP contribution in [0.4, 0.5) is 17.1 Å². The molecule has 0 aliphatic heterocycles. The Labute approximate surface area is 290 Å². The Balaban J connectivity index is 1.41. The van der Waals surface area contributed by atoms with Crippen molar-refractivity contribution in [3.63, 3.8) is 0 Å². The molecule has 0 N–H and O–H groups in total. The highest BCUT2D eigenvalue weighted by Gasteiger charge is 2.27. The van der Waals surface area contributed by atoms with E-state index in [0.717, 1.165) is 66.3 Å². The standard InChI is InChI=1S/C40H31B6NO2/c41-28-19-27-30-36(33(44)32(43)35(46)40(30)49-39(27)34(45)31(28)42)47(23-16-13-21(14-17-23)20-7-2-1-3-8-20)29-12-6-11-25-26-18-15-22-9-4-5-10-24(22)37(26)48-38(25)29/h1-19H,41-46H2. The molecule has 2 heterocycles. The molecule has 7 aromatic carbocycles. The van der Waals surface area contributed by atoms with Gasteiger partial charge in [0.1, 0.15) is 63.8 Å². The highest BCUT2D eigenvalue weighted by molar-refractivity contribution is 6.64. The largest absolute Gasteiger partial charge is 0.457 e. The van der Waals surface area contributed by atoms with E-state index in [0.29, 0.717) is 0 Å². The van der Waals surface area contributed by atoms with Gasteiger partial charge < -0.3 is 13.7 Å². The fourth-order valence-electron chi connectivity index (χ4n) is 7.76. The Kier molecular flexibility index (Phi) is 6.71. The first-order chi connectivity index (χ1) is 23.8. The summed E-state index contributed by atoms with van der Waals surface area (Å²) in [7, 11) is 13.2. The van der Waals surface area contributed by atoms with E-state index in [-0.39, 0.29) is 0 Å². The minimum absolute atomic E-state index is 0.864. The SMILES string of the molecule is Bc1cc2c(oc3c(B)c(B)c(B)c(N(c4ccc(-c5ccccc5)cc4)c4cccc5c4oc4c6ccccc6ccc54)c32)c(B)c1B. The van der Waals surface area contributed by atoms with Crippen LogP contribution >= 0.6 is 0 Å². The summed E-state index contributed by atoms with van der Waals surface area (Å²) in [6.45, 7) is 0. The molecule has 9 rings (SSSR count). The van der Waals surface area contributed by atoms with Crippen LogP contribution in [-0.4, -0.2) is 47.1 Å². The van der Waals surface area contributed by atoms with Gasteiger partial charge in [-0.05, 0) is 40.8 Å². The molecule has 49 heavy (non-hydrogen) atoms. The Morgan fingerprint density at radius 1 is 0.429 bits per heavy atom. The average Bonchev–Trinajstić information content (AvgIpc) is 3.71. The fourth-order valence-corrected chi connectivity index (χ4v) is 7.76. The summed E-state index contributed by atoms with van der Waals surface area (Å²) < 4.78 is 13.8. The van der Waals surface area contributed by atoms with Crippen LogP contribution in [-0.2, 0) is 0 Å². The smallest absolute Gasteiger partial charge is 0.159 e. The van der Waals surface area contributed by atoms with E-state index in [1.807, 2.05) is 0 Å². The molecule has 0 saturated heterocycles. The van der Waals surface area contributed by atoms with Crippen molar-refractivity contribution in [3.05, 3.63) is 115 Å². The Hall–Kier alpha value is -5.41. The van der Waals surface area contributed by atoms with E-state index in [1.54, 1.807) is 0 Å². The number of hydrogen-bond acceptors (Lipinski definition) is 3. The number of anilines is 3. The van der Waals surface area contributed by atoms with Crippen molar-refractivity contribution in [2.45, 2.75) is 0 Å². The molecule has 0 amide bonds. The first kappa shape index (κ1) is 29.7. The molecule has 0 aliphatic rings. The van der Waals surface area contributed by atoms with Crippen LogP contribution in [0, 0.1) is 0 Å². The van der Waals surface area contributed by atoms with Crippen LogP contribution in [0.2, 0.25) is 0 Å². The van der Waals surface area contributed by atoms with E-state index in [4.69, 9.17) is 8.83 Å². The Bertz CT molecular complexity index is 2790. The zero-order valence-electron chi connectivity index (χ0n) is 28.7. The normalized spacial score (nSPS) is 11.8. The first-order valence-corrected chi connectivity index (χ1v) is 17.0. The van der Waals surface area contributed by atoms with Crippen molar-refractivity contribution >= 4 is 152 Å². The molecule has 0 radical (unpaired) electrons. The molecule has 9 aromatic rings. The van der Waals surface area contributed by atoms with Gasteiger partial charge in [0.05, 0.1) is 16.8 Å². The van der Waals surface area contributed by atoms with Crippen LogP contribution in [0.25, 0.3) is 65.8 Å². The monoisotopic (exact) mass is 623 g/mol. The second-order valence-corrected chi connectivity index (χ2v) is 13.5. The molecule has 9 heteroatoms. The summed E-state index contributed by atoms with van der Waals surface area (Å²) in [4.78, 5) is 2.41. The molecule has 0 spiro atoms. The molecule has 0 atom stereocenters. The van der Waals surface area contributed by atoms with Crippen molar-refractivity contribution < 1.29 is 8.83 Å². The quantitative estimate of drug-likeness (QED) is 0.278. The van der Waals surface area contributed by atoms with Gasteiger partial charge in [-0.3, -0.25) is 0 Å². The average molecular weight is 623 g/mol. The lowest BCUT2D eigenvalue weighted by Crippen LogP contribution is -2.41. The number of fused-ring (bicyclic) bond motifs is 8. The Morgan fingerprint density at radius 2 is 1.08 bits per heavy atom. The van der Waals surface area contributed by atoms with Crippen molar-refractivity contribution in [2.24, 2.45) is 0 Å². The molecular formula is C40H31B6NO2. The van der Waals surface area contributed by atoms with Gasteiger partial charge in [-0.25, -0.2) is 0 Å². The number of furan rings is 2. The van der Waals surface area contributed by atoms with Crippen molar-refractivity contribution in [1.29, 1.82) is 0 Å². The summed E-state index contributed by atoms with van der Waals surface area (Å²) in [5, 5.41) is 6.78. The summed E-state index contributed by atoms with van der Waals surface area (Å²) in [5.74, 6) is 0. The van der Waals surface area contributed by atoms with Crippen LogP contribution in [0.15, 0.2) is 124 Å². The van der Waals surface area contributed by atoms with Gasteiger partial charge in [-0.1, -0.05) is 124 Å². The number of para-hydroxylation sites is 1. The van der Waals surface area contributed by atoms with Gasteiger partial charge in [-0.2, -0.15) is 0 Å². The maximum Gasteiger partial charge on any atom is 0.159 e. The van der Waals surface area contributed by atoms with Crippen molar-refractivity contribution in [2.75, 3.05) is 4.90 Å². The second-order valence-electron chi connectivity index (χ2n) is 13.5. The number of benzene rings is 7. The highest BCUT2D eigenvalue weighted by atomic mass is 16.3. The lowest BCUT2D eigenvalue weighted by Gasteiger charge is -2.29. The maximum atomic E-state index is 6.98. The maximum absolute atomic E-state index is 6.98. The van der Waals surface area contributed by atoms with Crippen LogP contribution < -0.4 is 37.7 Å². The van der Waals surface area contributed by atoms with Crippen molar-refractivity contribution in [3.8, 4) is 11.1 Å². The third-order valence-corrected chi connectivity index (χ3v) is 10.9. The molecule has 226 valence electrons. The van der Waals surface area contributed by atoms with Gasteiger partial charge >= 0.3 is 0 Å². The molecule has 0 fully saturated rings. The first-order valence-electron chi connectivity index (χ1n) is 17.0. The van der Waals surface area contributed by atoms with E-state index in [2.05, 4.69) is 167 Å². The molecule has 0 aliphatic carbocycles. The van der Waals surface area contributed by atoms with Gasteiger partial charge in [-0.15, -0.1) is 0 Å². The van der Waals surface area contributed by atoms with E-state index in [9.17, 15) is 0 Å². The predicted molar refractivity (Wildman–Crippen MR) is 228 cm³/mol. The van der Waals surface area contributed by atoms with Gasteiger partial charge in [0.25, 0.3) is 0 Å². The topological polar surface area (TPSA) is 29.5 Å². The van der Waals surface area contributed by atoms with Gasteiger partial charge in [0.2, 0.25) is 0 Å². The third-order valence-electron chi connectivity index (χ3n) is 10.9. The van der Waals surface area contributed by atoms with Gasteiger partial charge in [0, 0.05) is 27.2 Å². The minimum Gasteiger partial charge on any atom is -0.457 e. The number of hydrogen-bond donors (Lipinski definition) is 0. The summed E-state index contributed by atoms with van der Waals surface area (Å²) in [5.41, 5.74) is 16.6. The summed E-state index contributed by atoms with van der Waals surface area (Å²) in [6, 6.07) is 41.2. The molecule has 2 aromatic heterocycles. The van der Waals surface area contributed by atoms with Crippen LogP contribution in [0.3, 0.4) is 0 Å². The molecule has 0 bridgehead atoms. The minimum atomic E-state index is 0.864. The number of nitrogens with zero attached hydrogens (tertiary/aromatic N) is 1. The van der Waals surface area contributed by atoms with Crippen LogP contribution in [0.5, 0.6) is 0 Å². The van der Waals surface area contributed by atoms with E-state index in [1.165, 1.54) is 49.3 Å². The third kappa shape index (κ3) is 4.38. The van der Waals surface area contributed by atoms with Gasteiger partial charge in [0.15, 0.2) is 5.58 Å². The number of rotatable bonds is 4. The Morgan fingerprint density at radius 3 is 1.88 bits per heavy atom. The summed E-state index contributed by atoms with van der Waals surface area (Å²) >= 11 is 0. The predicted octanol–water partition coefficient (Wildman–Crippen LogP) is 1.33. The zero-order chi connectivity index (χ0) is 33.6. The molecule has 3 nitrogen and oxygen atoms in total. The summed E-state index contributed by atoms with van der Waals surface area (Å²) in [6.07, 6.45) is 0. The lowest BCUT2D eigenvalue weighted by atomic mass is 9.69.